The normalized spacial score (nSPS) is 13.5. The number of likely N-dealkylation sites (N-methyl/N-ethyl adjacent to an activating group) is 1. The van der Waals surface area contributed by atoms with Crippen LogP contribution in [0, 0.1) is 0 Å². The van der Waals surface area contributed by atoms with E-state index >= 15 is 0 Å². The lowest BCUT2D eigenvalue weighted by Gasteiger charge is -2.19. The highest BCUT2D eigenvalue weighted by atomic mass is 15.1. The van der Waals surface area contributed by atoms with E-state index < -0.39 is 0 Å². The Labute approximate surface area is 90.1 Å². The molecule has 0 rings (SSSR count). The highest BCUT2D eigenvalue weighted by Gasteiger charge is 2.01. The molecule has 1 unspecified atom stereocenters. The zero-order valence-corrected chi connectivity index (χ0v) is 10.5. The first-order valence-corrected chi connectivity index (χ1v) is 6.05. The van der Waals surface area contributed by atoms with Crippen LogP contribution in [0.3, 0.4) is 0 Å². The van der Waals surface area contributed by atoms with Crippen molar-refractivity contribution in [3.8, 4) is 0 Å². The fourth-order valence-corrected chi connectivity index (χ4v) is 1.35. The third-order valence-corrected chi connectivity index (χ3v) is 2.78. The van der Waals surface area contributed by atoms with E-state index in [0.29, 0.717) is 6.04 Å². The van der Waals surface area contributed by atoms with E-state index in [0.717, 1.165) is 6.54 Å². The first kappa shape index (κ1) is 13.9. The lowest BCUT2D eigenvalue weighted by Crippen LogP contribution is -2.35. The Kier molecular flexibility index (Phi) is 9.42. The highest BCUT2D eigenvalue weighted by molar-refractivity contribution is 4.62. The average Bonchev–Trinajstić information content (AvgIpc) is 2.16. The number of unbranched alkanes of at least 4 members (excludes halogenated alkanes) is 4. The van der Waals surface area contributed by atoms with Gasteiger partial charge in [0.25, 0.3) is 0 Å². The van der Waals surface area contributed by atoms with E-state index in [1.54, 1.807) is 0 Å². The van der Waals surface area contributed by atoms with Gasteiger partial charge in [-0.2, -0.15) is 0 Å². The van der Waals surface area contributed by atoms with Gasteiger partial charge in [0.15, 0.2) is 0 Å². The van der Waals surface area contributed by atoms with Crippen LogP contribution in [0.25, 0.3) is 0 Å². The first-order valence-electron chi connectivity index (χ1n) is 6.05. The Morgan fingerprint density at radius 1 is 1.07 bits per heavy atom. The molecule has 0 aliphatic heterocycles. The van der Waals surface area contributed by atoms with Crippen molar-refractivity contribution in [2.45, 2.75) is 52.0 Å². The average molecular weight is 200 g/mol. The van der Waals surface area contributed by atoms with Crippen molar-refractivity contribution in [3.63, 3.8) is 0 Å². The lowest BCUT2D eigenvalue weighted by molar-refractivity contribution is 0.302. The van der Waals surface area contributed by atoms with Gasteiger partial charge in [0.1, 0.15) is 0 Å². The van der Waals surface area contributed by atoms with Crippen LogP contribution < -0.4 is 5.32 Å². The summed E-state index contributed by atoms with van der Waals surface area (Å²) in [6.45, 7) is 6.81. The van der Waals surface area contributed by atoms with Gasteiger partial charge >= 0.3 is 0 Å². The number of nitrogens with zero attached hydrogens (tertiary/aromatic N) is 1. The maximum atomic E-state index is 3.50. The van der Waals surface area contributed by atoms with Gasteiger partial charge < -0.3 is 10.2 Å². The Balaban J connectivity index is 3.06. The molecule has 14 heavy (non-hydrogen) atoms. The molecule has 2 nitrogen and oxygen atoms in total. The van der Waals surface area contributed by atoms with E-state index in [2.05, 4.69) is 38.2 Å². The van der Waals surface area contributed by atoms with Crippen LogP contribution >= 0.6 is 0 Å². The molecule has 2 heteroatoms. The summed E-state index contributed by atoms with van der Waals surface area (Å²) in [6, 6.07) is 0.644. The predicted octanol–water partition coefficient (Wildman–Crippen LogP) is 2.50. The molecule has 0 aromatic heterocycles. The van der Waals surface area contributed by atoms with Crippen LogP contribution in [0.2, 0.25) is 0 Å². The second-order valence-electron chi connectivity index (χ2n) is 4.43. The first-order chi connectivity index (χ1) is 6.68. The molecule has 0 saturated carbocycles. The maximum absolute atomic E-state index is 3.50. The summed E-state index contributed by atoms with van der Waals surface area (Å²) in [5.74, 6) is 0. The quantitative estimate of drug-likeness (QED) is 0.575. The predicted molar refractivity (Wildman–Crippen MR) is 64.8 cm³/mol. The Bertz CT molecular complexity index is 113. The Morgan fingerprint density at radius 2 is 1.71 bits per heavy atom. The topological polar surface area (TPSA) is 15.3 Å². The summed E-state index contributed by atoms with van der Waals surface area (Å²) in [4.78, 5) is 2.25. The van der Waals surface area contributed by atoms with Crippen LogP contribution in [-0.4, -0.2) is 38.1 Å². The molecule has 0 aliphatic rings. The molecule has 0 heterocycles. The second kappa shape index (κ2) is 9.47. The van der Waals surface area contributed by atoms with E-state index in [1.807, 2.05) is 0 Å². The third kappa shape index (κ3) is 8.52. The number of hydrogen-bond acceptors (Lipinski definition) is 2. The number of hydrogen-bond donors (Lipinski definition) is 1. The monoisotopic (exact) mass is 200 g/mol. The molecule has 0 radical (unpaired) electrons. The highest BCUT2D eigenvalue weighted by Crippen LogP contribution is 2.01. The van der Waals surface area contributed by atoms with Crippen LogP contribution in [-0.2, 0) is 0 Å². The van der Waals surface area contributed by atoms with Crippen molar-refractivity contribution in [1.82, 2.24) is 10.2 Å². The van der Waals surface area contributed by atoms with Gasteiger partial charge in [-0.05, 0) is 34.0 Å². The van der Waals surface area contributed by atoms with Crippen LogP contribution in [0.5, 0.6) is 0 Å². The molecule has 0 bridgehead atoms. The molecular weight excluding hydrogens is 172 g/mol. The zero-order valence-electron chi connectivity index (χ0n) is 10.5. The van der Waals surface area contributed by atoms with Gasteiger partial charge in [-0.15, -0.1) is 0 Å². The molecule has 0 aromatic rings. The summed E-state index contributed by atoms with van der Waals surface area (Å²) in [5, 5.41) is 3.50. The Morgan fingerprint density at radius 3 is 2.29 bits per heavy atom. The molecule has 0 aromatic carbocycles. The summed E-state index contributed by atoms with van der Waals surface area (Å²) in [7, 11) is 4.27. The molecule has 1 N–H and O–H groups in total. The van der Waals surface area contributed by atoms with Crippen molar-refractivity contribution in [2.24, 2.45) is 0 Å². The summed E-state index contributed by atoms with van der Waals surface area (Å²) in [6.07, 6.45) is 6.86. The van der Waals surface area contributed by atoms with Crippen molar-refractivity contribution in [1.29, 1.82) is 0 Å². The van der Waals surface area contributed by atoms with Crippen LogP contribution in [0.1, 0.15) is 46.0 Å². The van der Waals surface area contributed by atoms with E-state index in [9.17, 15) is 0 Å². The van der Waals surface area contributed by atoms with Gasteiger partial charge in [-0.25, -0.2) is 0 Å². The lowest BCUT2D eigenvalue weighted by atomic mass is 10.1. The van der Waals surface area contributed by atoms with E-state index in [-0.39, 0.29) is 0 Å². The minimum Gasteiger partial charge on any atom is -0.315 e. The largest absolute Gasteiger partial charge is 0.315 e. The van der Waals surface area contributed by atoms with Crippen molar-refractivity contribution >= 4 is 0 Å². The summed E-state index contributed by atoms with van der Waals surface area (Å²) < 4.78 is 0. The molecule has 86 valence electrons. The number of rotatable bonds is 9. The fourth-order valence-electron chi connectivity index (χ4n) is 1.35. The van der Waals surface area contributed by atoms with E-state index in [4.69, 9.17) is 0 Å². The van der Waals surface area contributed by atoms with Gasteiger partial charge in [0.05, 0.1) is 0 Å². The smallest absolute Gasteiger partial charge is 0.0186 e. The molecule has 0 saturated heterocycles. The third-order valence-electron chi connectivity index (χ3n) is 2.78. The maximum Gasteiger partial charge on any atom is 0.0186 e. The van der Waals surface area contributed by atoms with Crippen LogP contribution in [0.15, 0.2) is 0 Å². The summed E-state index contributed by atoms with van der Waals surface area (Å²) >= 11 is 0. The summed E-state index contributed by atoms with van der Waals surface area (Å²) in [5.41, 5.74) is 0. The molecule has 0 amide bonds. The van der Waals surface area contributed by atoms with Crippen LogP contribution in [0.4, 0.5) is 0 Å². The number of nitrogens with one attached hydrogen (secondary N) is 1. The van der Waals surface area contributed by atoms with Crippen molar-refractivity contribution in [2.75, 3.05) is 27.2 Å². The fraction of sp³-hybridized carbons (Fsp3) is 1.00. The molecule has 1 atom stereocenters. The molecule has 0 aliphatic carbocycles. The minimum atomic E-state index is 0.644. The SMILES string of the molecule is CCCCCCCNCC(C)N(C)C. The minimum absolute atomic E-state index is 0.644. The molecule has 0 fully saturated rings. The second-order valence-corrected chi connectivity index (χ2v) is 4.43. The van der Waals surface area contributed by atoms with Gasteiger partial charge in [-0.3, -0.25) is 0 Å². The van der Waals surface area contributed by atoms with Gasteiger partial charge in [-0.1, -0.05) is 32.6 Å². The molecule has 0 spiro atoms. The standard InChI is InChI=1S/C12H28N2/c1-5-6-7-8-9-10-13-11-12(2)14(3)4/h12-13H,5-11H2,1-4H3. The van der Waals surface area contributed by atoms with E-state index in [1.165, 1.54) is 38.6 Å². The van der Waals surface area contributed by atoms with Gasteiger partial charge in [0.2, 0.25) is 0 Å². The van der Waals surface area contributed by atoms with Crippen molar-refractivity contribution < 1.29 is 0 Å². The zero-order chi connectivity index (χ0) is 10.8. The van der Waals surface area contributed by atoms with Gasteiger partial charge in [0, 0.05) is 12.6 Å². The molecular formula is C12H28N2. The van der Waals surface area contributed by atoms with Crippen molar-refractivity contribution in [3.05, 3.63) is 0 Å². The Hall–Kier alpha value is -0.0800.